The van der Waals surface area contributed by atoms with Gasteiger partial charge in [-0.3, -0.25) is 15.0 Å². The van der Waals surface area contributed by atoms with Crippen LogP contribution in [0.4, 0.5) is 19.1 Å². The smallest absolute Gasteiger partial charge is 0.370 e. The lowest BCUT2D eigenvalue weighted by Crippen LogP contribution is -2.57. The molecule has 0 radical (unpaired) electrons. The SMILES string of the molecule is C[C@@H](COCC(=O)N(C)C1CCN(c2ncc(C(F)(F)F)cn2)CC1)OC1CNNC(=O)C1Br. The molecule has 2 unspecified atom stereocenters. The van der Waals surface area contributed by atoms with Gasteiger partial charge in [0.2, 0.25) is 11.9 Å². The summed E-state index contributed by atoms with van der Waals surface area (Å²) in [7, 11) is 1.71. The minimum absolute atomic E-state index is 0.0172. The molecule has 190 valence electrons. The van der Waals surface area contributed by atoms with Gasteiger partial charge in [-0.25, -0.2) is 15.4 Å². The number of nitrogens with one attached hydrogen (secondary N) is 2. The number of carbonyl (C=O) groups excluding carboxylic acids is 2. The lowest BCUT2D eigenvalue weighted by molar-refractivity contribution is -0.140. The van der Waals surface area contributed by atoms with Gasteiger partial charge in [0, 0.05) is 45.1 Å². The Morgan fingerprint density at radius 3 is 2.59 bits per heavy atom. The average molecular weight is 553 g/mol. The highest BCUT2D eigenvalue weighted by atomic mass is 79.9. The zero-order valence-corrected chi connectivity index (χ0v) is 20.4. The Kier molecular flexibility index (Phi) is 9.07. The lowest BCUT2D eigenvalue weighted by Gasteiger charge is -2.36. The quantitative estimate of drug-likeness (QED) is 0.462. The second kappa shape index (κ2) is 11.6. The summed E-state index contributed by atoms with van der Waals surface area (Å²) in [4.78, 5) is 34.8. The van der Waals surface area contributed by atoms with Crippen molar-refractivity contribution >= 4 is 33.7 Å². The van der Waals surface area contributed by atoms with Crippen LogP contribution in [-0.4, -0.2) is 89.7 Å². The van der Waals surface area contributed by atoms with Gasteiger partial charge in [0.15, 0.2) is 0 Å². The molecule has 0 bridgehead atoms. The van der Waals surface area contributed by atoms with Crippen molar-refractivity contribution in [2.75, 3.05) is 44.8 Å². The van der Waals surface area contributed by atoms with Gasteiger partial charge < -0.3 is 19.3 Å². The summed E-state index contributed by atoms with van der Waals surface area (Å²) >= 11 is 3.30. The first kappa shape index (κ1) is 26.6. The third-order valence-electron chi connectivity index (χ3n) is 5.73. The van der Waals surface area contributed by atoms with Crippen LogP contribution in [0.1, 0.15) is 25.3 Å². The molecule has 1 aromatic rings. The maximum atomic E-state index is 12.7. The van der Waals surface area contributed by atoms with Gasteiger partial charge in [0.25, 0.3) is 5.91 Å². The van der Waals surface area contributed by atoms with E-state index in [4.69, 9.17) is 9.47 Å². The number of amides is 2. The van der Waals surface area contributed by atoms with Crippen LogP contribution in [0.5, 0.6) is 0 Å². The first-order valence-electron chi connectivity index (χ1n) is 10.9. The Morgan fingerprint density at radius 1 is 1.32 bits per heavy atom. The van der Waals surface area contributed by atoms with Crippen molar-refractivity contribution in [3.05, 3.63) is 18.0 Å². The molecular weight excluding hydrogens is 525 g/mol. The maximum Gasteiger partial charge on any atom is 0.419 e. The topological polar surface area (TPSA) is 109 Å². The fourth-order valence-electron chi connectivity index (χ4n) is 3.74. The summed E-state index contributed by atoms with van der Waals surface area (Å²) in [6.07, 6.45) is -2.31. The van der Waals surface area contributed by atoms with Gasteiger partial charge in [-0.1, -0.05) is 15.9 Å². The zero-order valence-electron chi connectivity index (χ0n) is 18.8. The number of rotatable bonds is 8. The predicted molar refractivity (Wildman–Crippen MR) is 119 cm³/mol. The Morgan fingerprint density at radius 2 is 1.97 bits per heavy atom. The van der Waals surface area contributed by atoms with Crippen molar-refractivity contribution in [3.8, 4) is 0 Å². The number of hydrogen-bond acceptors (Lipinski definition) is 8. The van der Waals surface area contributed by atoms with Crippen LogP contribution in [0.25, 0.3) is 0 Å². The third-order valence-corrected chi connectivity index (χ3v) is 6.74. The molecule has 0 aliphatic carbocycles. The Bertz CT molecular complexity index is 839. The van der Waals surface area contributed by atoms with E-state index in [1.807, 2.05) is 4.90 Å². The summed E-state index contributed by atoms with van der Waals surface area (Å²) in [6.45, 7) is 3.39. The summed E-state index contributed by atoms with van der Waals surface area (Å²) in [5, 5.41) is 0. The van der Waals surface area contributed by atoms with Gasteiger partial charge in [0.05, 0.1) is 24.4 Å². The number of ether oxygens (including phenoxy) is 2. The van der Waals surface area contributed by atoms with Gasteiger partial charge >= 0.3 is 6.18 Å². The van der Waals surface area contributed by atoms with Crippen LogP contribution in [0.15, 0.2) is 12.4 Å². The highest BCUT2D eigenvalue weighted by Crippen LogP contribution is 2.29. The number of piperidine rings is 1. The van der Waals surface area contributed by atoms with E-state index < -0.39 is 16.6 Å². The number of aromatic nitrogens is 2. The van der Waals surface area contributed by atoms with Crippen LogP contribution in [0.3, 0.4) is 0 Å². The van der Waals surface area contributed by atoms with Gasteiger partial charge in [-0.05, 0) is 19.8 Å². The van der Waals surface area contributed by atoms with E-state index in [1.54, 1.807) is 18.9 Å². The Balaban J connectivity index is 1.38. The van der Waals surface area contributed by atoms with E-state index in [-0.39, 0.29) is 49.2 Å². The number of alkyl halides is 4. The lowest BCUT2D eigenvalue weighted by atomic mass is 10.0. The van der Waals surface area contributed by atoms with Crippen molar-refractivity contribution in [3.63, 3.8) is 0 Å². The van der Waals surface area contributed by atoms with E-state index in [2.05, 4.69) is 36.7 Å². The van der Waals surface area contributed by atoms with Crippen molar-refractivity contribution in [1.29, 1.82) is 0 Å². The van der Waals surface area contributed by atoms with Gasteiger partial charge in [-0.15, -0.1) is 0 Å². The maximum absolute atomic E-state index is 12.7. The van der Waals surface area contributed by atoms with Crippen molar-refractivity contribution < 1.29 is 32.2 Å². The molecule has 0 aromatic carbocycles. The molecule has 3 heterocycles. The molecule has 0 spiro atoms. The van der Waals surface area contributed by atoms with E-state index >= 15 is 0 Å². The number of hydrazine groups is 1. The van der Waals surface area contributed by atoms with E-state index in [0.29, 0.717) is 32.5 Å². The normalized spacial score (nSPS) is 22.9. The number of hydrogen-bond donors (Lipinski definition) is 2. The summed E-state index contributed by atoms with van der Waals surface area (Å²) in [5.41, 5.74) is 4.38. The van der Waals surface area contributed by atoms with Crippen LogP contribution in [0, 0.1) is 0 Å². The molecule has 2 aliphatic rings. The number of carbonyl (C=O) groups is 2. The average Bonchev–Trinajstić information content (AvgIpc) is 2.81. The Labute approximate surface area is 203 Å². The molecule has 2 aliphatic heterocycles. The van der Waals surface area contributed by atoms with Crippen molar-refractivity contribution in [2.45, 2.75) is 49.0 Å². The fraction of sp³-hybridized carbons (Fsp3) is 0.700. The minimum Gasteiger partial charge on any atom is -0.370 e. The van der Waals surface area contributed by atoms with Crippen LogP contribution in [-0.2, 0) is 25.2 Å². The number of anilines is 1. The van der Waals surface area contributed by atoms with Crippen LogP contribution >= 0.6 is 15.9 Å². The van der Waals surface area contributed by atoms with Gasteiger partial charge in [-0.2, -0.15) is 13.2 Å². The second-order valence-corrected chi connectivity index (χ2v) is 9.25. The highest BCUT2D eigenvalue weighted by molar-refractivity contribution is 9.10. The molecule has 2 saturated heterocycles. The summed E-state index contributed by atoms with van der Waals surface area (Å²) in [5.74, 6) is -0.139. The fourth-order valence-corrected chi connectivity index (χ4v) is 4.16. The van der Waals surface area contributed by atoms with E-state index in [1.165, 1.54) is 0 Å². The molecule has 2 N–H and O–H groups in total. The standard InChI is InChI=1S/C20H28BrF3N6O4/c1-12(34-15-9-27-28-18(32)17(15)21)10-33-11-16(31)29(2)14-3-5-30(6-4-14)19-25-7-13(8-26-19)20(22,23)24/h7-8,12,14-15,17,27H,3-6,9-11H2,1-2H3,(H,28,32)/t12-,15?,17?/m0/s1. The molecule has 3 rings (SSSR count). The second-order valence-electron chi connectivity index (χ2n) is 8.26. The van der Waals surface area contributed by atoms with E-state index in [9.17, 15) is 22.8 Å². The molecule has 3 atom stereocenters. The molecule has 14 heteroatoms. The highest BCUT2D eigenvalue weighted by Gasteiger charge is 2.33. The molecule has 2 fully saturated rings. The van der Waals surface area contributed by atoms with E-state index in [0.717, 1.165) is 12.4 Å². The number of halogens is 4. The van der Waals surface area contributed by atoms with Gasteiger partial charge in [0.1, 0.15) is 11.4 Å². The van der Waals surface area contributed by atoms with Crippen molar-refractivity contribution in [1.82, 2.24) is 25.7 Å². The number of nitrogens with zero attached hydrogens (tertiary/aromatic N) is 4. The zero-order chi connectivity index (χ0) is 24.9. The molecule has 34 heavy (non-hydrogen) atoms. The molecule has 10 nitrogen and oxygen atoms in total. The predicted octanol–water partition coefficient (Wildman–Crippen LogP) is 1.11. The summed E-state index contributed by atoms with van der Waals surface area (Å²) in [6, 6.07) is -0.0172. The van der Waals surface area contributed by atoms with Crippen molar-refractivity contribution in [2.24, 2.45) is 0 Å². The molecule has 1 aromatic heterocycles. The molecular formula is C20H28BrF3N6O4. The Hall–Kier alpha value is -2.03. The summed E-state index contributed by atoms with van der Waals surface area (Å²) < 4.78 is 49.4. The molecule has 2 amide bonds. The third kappa shape index (κ3) is 6.99. The number of likely N-dealkylation sites (N-methyl/N-ethyl adjacent to an activating group) is 1. The van der Waals surface area contributed by atoms with Crippen LogP contribution in [0.2, 0.25) is 0 Å². The minimum atomic E-state index is -4.47. The first-order valence-corrected chi connectivity index (χ1v) is 11.8. The first-order chi connectivity index (χ1) is 16.1. The largest absolute Gasteiger partial charge is 0.419 e. The van der Waals surface area contributed by atoms with Crippen LogP contribution < -0.4 is 15.8 Å². The monoisotopic (exact) mass is 552 g/mol. The molecule has 0 saturated carbocycles.